The van der Waals surface area contributed by atoms with Gasteiger partial charge in [-0.15, -0.1) is 0 Å². The number of benzene rings is 1. The normalized spacial score (nSPS) is 20.3. The number of aryl methyl sites for hydroxylation is 1. The molecule has 1 N–H and O–H groups in total. The second-order valence-electron chi connectivity index (χ2n) is 5.68. The molecule has 0 radical (unpaired) electrons. The van der Waals surface area contributed by atoms with Crippen molar-refractivity contribution in [3.63, 3.8) is 0 Å². The topological polar surface area (TPSA) is 42.2 Å². The van der Waals surface area contributed by atoms with Crippen LogP contribution in [0.2, 0.25) is 5.02 Å². The third kappa shape index (κ3) is 3.67. The molecule has 1 aliphatic rings. The van der Waals surface area contributed by atoms with E-state index in [2.05, 4.69) is 12.2 Å². The molecule has 1 saturated carbocycles. The number of amides is 1. The molecule has 2 aromatic rings. The molecule has 1 fully saturated rings. The maximum atomic E-state index is 11.9. The van der Waals surface area contributed by atoms with Crippen molar-refractivity contribution < 1.29 is 9.21 Å². The van der Waals surface area contributed by atoms with Gasteiger partial charge in [0.2, 0.25) is 5.91 Å². The van der Waals surface area contributed by atoms with E-state index in [9.17, 15) is 4.79 Å². The smallest absolute Gasteiger partial charge is 0.224 e. The summed E-state index contributed by atoms with van der Waals surface area (Å²) in [5, 5.41) is 3.51. The summed E-state index contributed by atoms with van der Waals surface area (Å²) in [4.78, 5) is 11.9. The van der Waals surface area contributed by atoms with Crippen LogP contribution in [0.4, 0.5) is 5.69 Å². The summed E-state index contributed by atoms with van der Waals surface area (Å²) in [7, 11) is 0. The average molecular weight is 304 g/mol. The molecule has 3 rings (SSSR count). The molecule has 1 aliphatic carbocycles. The Morgan fingerprint density at radius 2 is 2.00 bits per heavy atom. The fourth-order valence-electron chi connectivity index (χ4n) is 2.44. The summed E-state index contributed by atoms with van der Waals surface area (Å²) in [6, 6.07) is 11.1. The number of hydrogen-bond acceptors (Lipinski definition) is 2. The summed E-state index contributed by atoms with van der Waals surface area (Å²) < 4.78 is 5.80. The van der Waals surface area contributed by atoms with Crippen molar-refractivity contribution in [3.8, 4) is 0 Å². The molecule has 0 unspecified atom stereocenters. The van der Waals surface area contributed by atoms with Gasteiger partial charge in [0.15, 0.2) is 0 Å². The number of carbonyl (C=O) groups is 1. The zero-order chi connectivity index (χ0) is 14.8. The molecule has 0 aliphatic heterocycles. The number of hydrogen-bond donors (Lipinski definition) is 1. The number of anilines is 1. The van der Waals surface area contributed by atoms with Crippen LogP contribution in [0.5, 0.6) is 0 Å². The zero-order valence-electron chi connectivity index (χ0n) is 11.9. The molecule has 1 heterocycles. The maximum Gasteiger partial charge on any atom is 0.224 e. The quantitative estimate of drug-likeness (QED) is 0.875. The molecule has 110 valence electrons. The Bertz CT molecular complexity index is 632. The van der Waals surface area contributed by atoms with Crippen LogP contribution in [0.25, 0.3) is 0 Å². The highest BCUT2D eigenvalue weighted by Gasteiger charge is 2.36. The number of rotatable bonds is 5. The molecule has 1 aromatic carbocycles. The van der Waals surface area contributed by atoms with Crippen LogP contribution in [0.1, 0.15) is 37.2 Å². The molecule has 1 aromatic heterocycles. The molecule has 21 heavy (non-hydrogen) atoms. The molecule has 3 nitrogen and oxygen atoms in total. The summed E-state index contributed by atoms with van der Waals surface area (Å²) in [6.45, 7) is 2.23. The minimum atomic E-state index is -0.0185. The highest BCUT2D eigenvalue weighted by molar-refractivity contribution is 6.30. The van der Waals surface area contributed by atoms with Crippen molar-refractivity contribution in [1.29, 1.82) is 0 Å². The minimum Gasteiger partial charge on any atom is -0.466 e. The Morgan fingerprint density at radius 3 is 2.67 bits per heavy atom. The molecule has 4 heteroatoms. The lowest BCUT2D eigenvalue weighted by Crippen LogP contribution is -2.11. The first kappa shape index (κ1) is 14.2. The summed E-state index contributed by atoms with van der Waals surface area (Å²) in [5.41, 5.74) is 0.760. The van der Waals surface area contributed by atoms with Crippen molar-refractivity contribution in [1.82, 2.24) is 0 Å². The molecule has 2 atom stereocenters. The van der Waals surface area contributed by atoms with Crippen LogP contribution in [0, 0.1) is 5.92 Å². The van der Waals surface area contributed by atoms with E-state index in [4.69, 9.17) is 16.0 Å². The van der Waals surface area contributed by atoms with Crippen LogP contribution >= 0.6 is 11.6 Å². The van der Waals surface area contributed by atoms with Crippen LogP contribution in [-0.2, 0) is 11.2 Å². The van der Waals surface area contributed by atoms with E-state index in [0.29, 0.717) is 23.8 Å². The third-order valence-electron chi connectivity index (χ3n) is 3.88. The van der Waals surface area contributed by atoms with Crippen molar-refractivity contribution >= 4 is 23.2 Å². The lowest BCUT2D eigenvalue weighted by molar-refractivity contribution is -0.116. The first-order chi connectivity index (χ1) is 10.1. The second kappa shape index (κ2) is 5.94. The largest absolute Gasteiger partial charge is 0.466 e. The average Bonchev–Trinajstić information content (AvgIpc) is 3.01. The Morgan fingerprint density at radius 1 is 1.29 bits per heavy atom. The first-order valence-electron chi connectivity index (χ1n) is 7.26. The Hall–Kier alpha value is -1.74. The number of halogens is 1. The number of carbonyl (C=O) groups excluding carboxylic acids is 1. The van der Waals surface area contributed by atoms with E-state index >= 15 is 0 Å². The molecular formula is C17H18ClNO2. The van der Waals surface area contributed by atoms with Gasteiger partial charge in [0.05, 0.1) is 0 Å². The van der Waals surface area contributed by atoms with Gasteiger partial charge in [-0.2, -0.15) is 0 Å². The van der Waals surface area contributed by atoms with Gasteiger partial charge in [-0.3, -0.25) is 4.79 Å². The predicted molar refractivity (Wildman–Crippen MR) is 83.6 cm³/mol. The van der Waals surface area contributed by atoms with Gasteiger partial charge in [0.1, 0.15) is 11.5 Å². The molecular weight excluding hydrogens is 286 g/mol. The van der Waals surface area contributed by atoms with Gasteiger partial charge >= 0.3 is 0 Å². The molecule has 0 spiro atoms. The summed E-state index contributed by atoms with van der Waals surface area (Å²) in [5.74, 6) is 3.25. The van der Waals surface area contributed by atoms with E-state index in [0.717, 1.165) is 23.1 Å². The fraction of sp³-hybridized carbons (Fsp3) is 0.353. The molecule has 1 amide bonds. The van der Waals surface area contributed by atoms with Gasteiger partial charge in [0, 0.05) is 29.5 Å². The fourth-order valence-corrected chi connectivity index (χ4v) is 2.57. The van der Waals surface area contributed by atoms with Crippen molar-refractivity contribution in [2.75, 3.05) is 5.32 Å². The second-order valence-corrected chi connectivity index (χ2v) is 6.12. The molecule has 0 saturated heterocycles. The van der Waals surface area contributed by atoms with Crippen LogP contribution in [-0.4, -0.2) is 5.91 Å². The Labute approximate surface area is 129 Å². The predicted octanol–water partition coefficient (Wildman–Crippen LogP) is 4.63. The lowest BCUT2D eigenvalue weighted by atomic mass is 10.2. The Kier molecular flexibility index (Phi) is 4.02. The van der Waals surface area contributed by atoms with E-state index < -0.39 is 0 Å². The SMILES string of the molecule is C[C@@H]1C[C@@H]1c1ccc(CCC(=O)Nc2ccc(Cl)cc2)o1. The summed E-state index contributed by atoms with van der Waals surface area (Å²) in [6.07, 6.45) is 2.25. The van der Waals surface area contributed by atoms with Crippen molar-refractivity contribution in [3.05, 3.63) is 52.9 Å². The van der Waals surface area contributed by atoms with E-state index in [1.807, 2.05) is 12.1 Å². The van der Waals surface area contributed by atoms with Gasteiger partial charge in [-0.25, -0.2) is 0 Å². The monoisotopic (exact) mass is 303 g/mol. The standard InChI is InChI=1S/C17H18ClNO2/c1-11-10-15(11)16-8-6-14(21-16)7-9-17(20)19-13-4-2-12(18)3-5-13/h2-6,8,11,15H,7,9-10H2,1H3,(H,19,20)/t11-,15+/m1/s1. The van der Waals surface area contributed by atoms with Gasteiger partial charge < -0.3 is 9.73 Å². The Balaban J connectivity index is 1.49. The maximum absolute atomic E-state index is 11.9. The molecule has 0 bridgehead atoms. The number of nitrogens with one attached hydrogen (secondary N) is 1. The van der Waals surface area contributed by atoms with E-state index in [1.165, 1.54) is 6.42 Å². The first-order valence-corrected chi connectivity index (χ1v) is 7.63. The van der Waals surface area contributed by atoms with E-state index in [-0.39, 0.29) is 5.91 Å². The van der Waals surface area contributed by atoms with Gasteiger partial charge in [0.25, 0.3) is 0 Å². The third-order valence-corrected chi connectivity index (χ3v) is 4.14. The van der Waals surface area contributed by atoms with Gasteiger partial charge in [-0.05, 0) is 48.7 Å². The highest BCUT2D eigenvalue weighted by atomic mass is 35.5. The highest BCUT2D eigenvalue weighted by Crippen LogP contribution is 2.47. The van der Waals surface area contributed by atoms with Crippen LogP contribution in [0.3, 0.4) is 0 Å². The number of furan rings is 1. The zero-order valence-corrected chi connectivity index (χ0v) is 12.7. The van der Waals surface area contributed by atoms with Gasteiger partial charge in [-0.1, -0.05) is 18.5 Å². The lowest BCUT2D eigenvalue weighted by Gasteiger charge is -2.04. The van der Waals surface area contributed by atoms with Crippen molar-refractivity contribution in [2.45, 2.75) is 32.1 Å². The minimum absolute atomic E-state index is 0.0185. The van der Waals surface area contributed by atoms with Crippen molar-refractivity contribution in [2.24, 2.45) is 5.92 Å². The van der Waals surface area contributed by atoms with E-state index in [1.54, 1.807) is 24.3 Å². The van der Waals surface area contributed by atoms with Crippen LogP contribution in [0.15, 0.2) is 40.8 Å². The summed E-state index contributed by atoms with van der Waals surface area (Å²) >= 11 is 5.81. The van der Waals surface area contributed by atoms with Crippen LogP contribution < -0.4 is 5.32 Å².